The van der Waals surface area contributed by atoms with E-state index >= 15 is 0 Å². The van der Waals surface area contributed by atoms with Crippen LogP contribution in [0.25, 0.3) is 11.0 Å². The standard InChI is InChI=1S/C19H22O8/c1-8-12(25-19-16(23)15(22)14(21)13(7-20)26-19)6-5-10-9-3-2-4-11(9)18(24)27-17(8)10/h5-6,13-16,19-23H,2-4,7H2,1H3/t13-,14+,15+,16-,19+/m1/s1. The highest BCUT2D eigenvalue weighted by Crippen LogP contribution is 2.34. The SMILES string of the molecule is Cc1c(O[C@H]2O[C@H](CO)[C@H](O)[C@H](O)[C@H]2O)ccc2c3c(c(=O)oc12)CCC3. The number of benzene rings is 1. The van der Waals surface area contributed by atoms with Gasteiger partial charge in [-0.05, 0) is 43.9 Å². The molecule has 4 rings (SSSR count). The minimum atomic E-state index is -1.53. The van der Waals surface area contributed by atoms with E-state index in [4.69, 9.17) is 13.9 Å². The van der Waals surface area contributed by atoms with Crippen LogP contribution in [0.5, 0.6) is 5.75 Å². The van der Waals surface area contributed by atoms with Gasteiger partial charge in [0.15, 0.2) is 0 Å². The number of aryl methyl sites for hydroxylation is 2. The van der Waals surface area contributed by atoms with Crippen molar-refractivity contribution in [3.8, 4) is 5.75 Å². The van der Waals surface area contributed by atoms with E-state index in [0.717, 1.165) is 35.8 Å². The molecule has 1 aliphatic heterocycles. The summed E-state index contributed by atoms with van der Waals surface area (Å²) in [5.41, 5.74) is 2.37. The van der Waals surface area contributed by atoms with Gasteiger partial charge >= 0.3 is 5.63 Å². The van der Waals surface area contributed by atoms with Crippen LogP contribution in [0.3, 0.4) is 0 Å². The molecule has 0 bridgehead atoms. The molecule has 1 fully saturated rings. The van der Waals surface area contributed by atoms with Crippen LogP contribution in [0.4, 0.5) is 0 Å². The van der Waals surface area contributed by atoms with Gasteiger partial charge in [0, 0.05) is 16.5 Å². The van der Waals surface area contributed by atoms with Gasteiger partial charge in [0.2, 0.25) is 6.29 Å². The number of aliphatic hydroxyl groups is 4. The lowest BCUT2D eigenvalue weighted by Crippen LogP contribution is -2.60. The normalized spacial score (nSPS) is 30.5. The first-order chi connectivity index (χ1) is 12.9. The van der Waals surface area contributed by atoms with E-state index in [9.17, 15) is 25.2 Å². The molecule has 0 saturated carbocycles. The van der Waals surface area contributed by atoms with Gasteiger partial charge in [-0.1, -0.05) is 0 Å². The molecular weight excluding hydrogens is 356 g/mol. The molecule has 4 N–H and O–H groups in total. The van der Waals surface area contributed by atoms with Gasteiger partial charge in [0.1, 0.15) is 35.7 Å². The first kappa shape index (κ1) is 18.4. The number of ether oxygens (including phenoxy) is 2. The summed E-state index contributed by atoms with van der Waals surface area (Å²) >= 11 is 0. The van der Waals surface area contributed by atoms with E-state index in [1.54, 1.807) is 19.1 Å². The third-order valence-corrected chi connectivity index (χ3v) is 5.43. The average Bonchev–Trinajstić information content (AvgIpc) is 3.15. The fourth-order valence-corrected chi connectivity index (χ4v) is 3.88. The van der Waals surface area contributed by atoms with Gasteiger partial charge in [0.25, 0.3) is 0 Å². The summed E-state index contributed by atoms with van der Waals surface area (Å²) in [5.74, 6) is 0.313. The van der Waals surface area contributed by atoms with Crippen molar-refractivity contribution in [3.63, 3.8) is 0 Å². The Kier molecular flexibility index (Phi) is 4.69. The second kappa shape index (κ2) is 6.88. The molecule has 8 nitrogen and oxygen atoms in total. The van der Waals surface area contributed by atoms with Crippen molar-refractivity contribution in [1.29, 1.82) is 0 Å². The number of fused-ring (bicyclic) bond motifs is 3. The second-order valence-electron chi connectivity index (χ2n) is 7.08. The molecule has 1 aliphatic carbocycles. The monoisotopic (exact) mass is 378 g/mol. The van der Waals surface area contributed by atoms with Crippen molar-refractivity contribution < 1.29 is 34.3 Å². The summed E-state index contributed by atoms with van der Waals surface area (Å²) in [7, 11) is 0. The maximum absolute atomic E-state index is 12.2. The topological polar surface area (TPSA) is 130 Å². The highest BCUT2D eigenvalue weighted by molar-refractivity contribution is 5.86. The maximum Gasteiger partial charge on any atom is 0.339 e. The molecule has 0 unspecified atom stereocenters. The number of rotatable bonds is 3. The fourth-order valence-electron chi connectivity index (χ4n) is 3.88. The van der Waals surface area contributed by atoms with Crippen molar-refractivity contribution >= 4 is 11.0 Å². The summed E-state index contributed by atoms with van der Waals surface area (Å²) in [5, 5.41) is 40.0. The lowest BCUT2D eigenvalue weighted by atomic mass is 9.99. The zero-order valence-electron chi connectivity index (χ0n) is 14.8. The molecule has 146 valence electrons. The molecule has 2 aromatic rings. The van der Waals surface area contributed by atoms with Gasteiger partial charge in [0.05, 0.1) is 6.61 Å². The minimum absolute atomic E-state index is 0.313. The molecule has 5 atom stereocenters. The van der Waals surface area contributed by atoms with Crippen LogP contribution in [-0.2, 0) is 17.6 Å². The number of aliphatic hydroxyl groups excluding tert-OH is 4. The molecule has 2 aliphatic rings. The Morgan fingerprint density at radius 3 is 2.59 bits per heavy atom. The van der Waals surface area contributed by atoms with E-state index in [-0.39, 0.29) is 5.63 Å². The minimum Gasteiger partial charge on any atom is -0.462 e. The predicted molar refractivity (Wildman–Crippen MR) is 93.6 cm³/mol. The summed E-state index contributed by atoms with van der Waals surface area (Å²) in [6.45, 7) is 1.19. The lowest BCUT2D eigenvalue weighted by molar-refractivity contribution is -0.277. The van der Waals surface area contributed by atoms with Crippen LogP contribution in [0.1, 0.15) is 23.1 Å². The maximum atomic E-state index is 12.2. The molecule has 0 amide bonds. The van der Waals surface area contributed by atoms with Gasteiger partial charge < -0.3 is 34.3 Å². The quantitative estimate of drug-likeness (QED) is 0.539. The van der Waals surface area contributed by atoms with Gasteiger partial charge in [-0.2, -0.15) is 0 Å². The molecule has 27 heavy (non-hydrogen) atoms. The first-order valence-electron chi connectivity index (χ1n) is 8.97. The third kappa shape index (κ3) is 2.94. The van der Waals surface area contributed by atoms with Crippen LogP contribution in [0.2, 0.25) is 0 Å². The highest BCUT2D eigenvalue weighted by Gasteiger charge is 2.44. The van der Waals surface area contributed by atoms with E-state index < -0.39 is 37.3 Å². The van der Waals surface area contributed by atoms with E-state index in [1.165, 1.54) is 0 Å². The zero-order valence-corrected chi connectivity index (χ0v) is 14.8. The molecule has 0 spiro atoms. The van der Waals surface area contributed by atoms with E-state index in [1.807, 2.05) is 0 Å². The largest absolute Gasteiger partial charge is 0.462 e. The fraction of sp³-hybridized carbons (Fsp3) is 0.526. The van der Waals surface area contributed by atoms with Crippen molar-refractivity contribution in [2.75, 3.05) is 6.61 Å². The van der Waals surface area contributed by atoms with Gasteiger partial charge in [-0.25, -0.2) is 4.79 Å². The molecule has 1 aromatic carbocycles. The zero-order chi connectivity index (χ0) is 19.3. The van der Waals surface area contributed by atoms with Gasteiger partial charge in [-0.15, -0.1) is 0 Å². The molecule has 2 heterocycles. The molecule has 1 aromatic heterocycles. The predicted octanol–water partition coefficient (Wildman–Crippen LogP) is -0.231. The van der Waals surface area contributed by atoms with Crippen LogP contribution in [0.15, 0.2) is 21.3 Å². The van der Waals surface area contributed by atoms with Crippen LogP contribution >= 0.6 is 0 Å². The third-order valence-electron chi connectivity index (χ3n) is 5.43. The summed E-state index contributed by atoms with van der Waals surface area (Å²) in [4.78, 5) is 12.2. The smallest absolute Gasteiger partial charge is 0.339 e. The Labute approximate surface area is 154 Å². The van der Waals surface area contributed by atoms with E-state index in [0.29, 0.717) is 16.9 Å². The summed E-state index contributed by atoms with van der Waals surface area (Å²) < 4.78 is 16.6. The Morgan fingerprint density at radius 1 is 1.11 bits per heavy atom. The summed E-state index contributed by atoms with van der Waals surface area (Å²) in [6, 6.07) is 3.49. The van der Waals surface area contributed by atoms with Crippen molar-refractivity contribution in [2.45, 2.75) is 56.9 Å². The highest BCUT2D eigenvalue weighted by atomic mass is 16.7. The van der Waals surface area contributed by atoms with Crippen molar-refractivity contribution in [1.82, 2.24) is 0 Å². The molecule has 8 heteroatoms. The van der Waals surface area contributed by atoms with Gasteiger partial charge in [-0.3, -0.25) is 0 Å². The number of hydrogen-bond donors (Lipinski definition) is 4. The van der Waals surface area contributed by atoms with Crippen LogP contribution in [0, 0.1) is 6.92 Å². The Bertz CT molecular complexity index is 918. The molecule has 0 radical (unpaired) electrons. The second-order valence-corrected chi connectivity index (χ2v) is 7.08. The Morgan fingerprint density at radius 2 is 1.85 bits per heavy atom. The van der Waals surface area contributed by atoms with E-state index in [2.05, 4.69) is 0 Å². The summed E-state index contributed by atoms with van der Waals surface area (Å²) in [6.07, 6.45) is -4.38. The van der Waals surface area contributed by atoms with Crippen LogP contribution < -0.4 is 10.4 Å². The lowest BCUT2D eigenvalue weighted by Gasteiger charge is -2.39. The molecule has 1 saturated heterocycles. The Balaban J connectivity index is 1.70. The Hall–Kier alpha value is -1.97. The molecular formula is C19H22O8. The first-order valence-corrected chi connectivity index (χ1v) is 8.97. The average molecular weight is 378 g/mol. The number of hydrogen-bond acceptors (Lipinski definition) is 8. The van der Waals surface area contributed by atoms with Crippen molar-refractivity contribution in [2.24, 2.45) is 0 Å². The van der Waals surface area contributed by atoms with Crippen LogP contribution in [-0.4, -0.2) is 57.7 Å². The van der Waals surface area contributed by atoms with Crippen molar-refractivity contribution in [3.05, 3.63) is 39.2 Å².